The van der Waals surface area contributed by atoms with E-state index in [4.69, 9.17) is 4.74 Å². The molecule has 0 radical (unpaired) electrons. The standard InChI is InChI=1S/C30H40O4S/c1-19(2)24-12-14-30(15-13-24,35-18-23-8-10-25(34-7)11-9-23)27(31)29(6,28(32)33)26-21(4)16-20(3)17-22(26)5/h8-11,16-17,19,24H,12-15,18H2,1-7H3,(H,32,33). The van der Waals surface area contributed by atoms with Gasteiger partial charge in [-0.3, -0.25) is 9.59 Å². The topological polar surface area (TPSA) is 63.6 Å². The number of aryl methyl sites for hydroxylation is 3. The van der Waals surface area contributed by atoms with Crippen LogP contribution in [0.25, 0.3) is 0 Å². The summed E-state index contributed by atoms with van der Waals surface area (Å²) >= 11 is 1.63. The molecule has 1 unspecified atom stereocenters. The van der Waals surface area contributed by atoms with E-state index in [9.17, 15) is 14.7 Å². The molecule has 1 atom stereocenters. The molecule has 4 nitrogen and oxygen atoms in total. The molecule has 3 rings (SSSR count). The summed E-state index contributed by atoms with van der Waals surface area (Å²) in [5, 5.41) is 10.6. The van der Waals surface area contributed by atoms with E-state index in [0.29, 0.717) is 36.0 Å². The van der Waals surface area contributed by atoms with E-state index in [1.54, 1.807) is 25.8 Å². The highest BCUT2D eigenvalue weighted by Crippen LogP contribution is 2.50. The fraction of sp³-hybridized carbons (Fsp3) is 0.533. The average Bonchev–Trinajstić information content (AvgIpc) is 2.81. The molecule has 1 saturated carbocycles. The van der Waals surface area contributed by atoms with E-state index in [0.717, 1.165) is 40.8 Å². The molecule has 1 N–H and O–H groups in total. The van der Waals surface area contributed by atoms with Crippen molar-refractivity contribution in [3.63, 3.8) is 0 Å². The largest absolute Gasteiger partial charge is 0.497 e. The maximum absolute atomic E-state index is 14.5. The van der Waals surface area contributed by atoms with Gasteiger partial charge in [0.1, 0.15) is 11.2 Å². The Labute approximate surface area is 214 Å². The van der Waals surface area contributed by atoms with Crippen molar-refractivity contribution in [2.75, 3.05) is 7.11 Å². The Bertz CT molecular complexity index is 1040. The number of thioether (sulfide) groups is 1. The minimum Gasteiger partial charge on any atom is -0.497 e. The van der Waals surface area contributed by atoms with Crippen molar-refractivity contribution in [2.45, 2.75) is 83.1 Å². The SMILES string of the molecule is COc1ccc(CSC2(C(=O)C(C)(C(=O)O)c3c(C)cc(C)cc3C)CCC(C(C)C)CC2)cc1. The number of carboxylic acids is 1. The average molecular weight is 497 g/mol. The van der Waals surface area contributed by atoms with E-state index < -0.39 is 16.1 Å². The summed E-state index contributed by atoms with van der Waals surface area (Å²) < 4.78 is 4.55. The number of methoxy groups -OCH3 is 1. The molecule has 0 amide bonds. The Hall–Kier alpha value is -2.27. The second kappa shape index (κ2) is 10.8. The van der Waals surface area contributed by atoms with E-state index in [2.05, 4.69) is 13.8 Å². The lowest BCUT2D eigenvalue weighted by atomic mass is 9.65. The van der Waals surface area contributed by atoms with E-state index in [1.165, 1.54) is 0 Å². The minimum absolute atomic E-state index is 0.159. The second-order valence-electron chi connectivity index (χ2n) is 10.7. The number of aliphatic carboxylic acids is 1. The van der Waals surface area contributed by atoms with Gasteiger partial charge in [-0.25, -0.2) is 0 Å². The van der Waals surface area contributed by atoms with Gasteiger partial charge in [0.05, 0.1) is 11.9 Å². The fourth-order valence-corrected chi connectivity index (χ4v) is 7.39. The molecule has 35 heavy (non-hydrogen) atoms. The Morgan fingerprint density at radius 1 is 1.09 bits per heavy atom. The van der Waals surface area contributed by atoms with Gasteiger partial charge < -0.3 is 9.84 Å². The predicted molar refractivity (Wildman–Crippen MR) is 144 cm³/mol. The molecule has 0 bridgehead atoms. The number of carbonyl (C=O) groups is 2. The Kier molecular flexibility index (Phi) is 8.41. The first-order chi connectivity index (χ1) is 16.4. The van der Waals surface area contributed by atoms with Crippen molar-refractivity contribution < 1.29 is 19.4 Å². The minimum atomic E-state index is -1.60. The van der Waals surface area contributed by atoms with Crippen LogP contribution >= 0.6 is 11.8 Å². The summed E-state index contributed by atoms with van der Waals surface area (Å²) in [6.45, 7) is 12.0. The van der Waals surface area contributed by atoms with E-state index in [-0.39, 0.29) is 5.78 Å². The molecule has 5 heteroatoms. The van der Waals surface area contributed by atoms with Crippen molar-refractivity contribution in [2.24, 2.45) is 11.8 Å². The number of ketones is 1. The normalized spacial score (nSPS) is 22.0. The molecule has 0 aliphatic heterocycles. The van der Waals surface area contributed by atoms with Crippen molar-refractivity contribution in [3.8, 4) is 5.75 Å². The number of carboxylic acid groups (broad SMARTS) is 1. The van der Waals surface area contributed by atoms with Gasteiger partial charge in [0.25, 0.3) is 0 Å². The van der Waals surface area contributed by atoms with Gasteiger partial charge in [-0.2, -0.15) is 0 Å². The zero-order valence-electron chi connectivity index (χ0n) is 22.2. The third-order valence-corrected chi connectivity index (χ3v) is 9.55. The van der Waals surface area contributed by atoms with Gasteiger partial charge in [0.2, 0.25) is 0 Å². The zero-order valence-corrected chi connectivity index (χ0v) is 23.1. The summed E-state index contributed by atoms with van der Waals surface area (Å²) in [7, 11) is 1.65. The Balaban J connectivity index is 2.03. The van der Waals surface area contributed by atoms with Crippen LogP contribution in [0.1, 0.15) is 74.3 Å². The number of carbonyl (C=O) groups excluding carboxylic acids is 1. The van der Waals surface area contributed by atoms with Crippen molar-refractivity contribution in [1.82, 2.24) is 0 Å². The van der Waals surface area contributed by atoms with E-state index >= 15 is 0 Å². The molecule has 190 valence electrons. The Morgan fingerprint density at radius 3 is 2.09 bits per heavy atom. The quantitative estimate of drug-likeness (QED) is 0.377. The maximum atomic E-state index is 14.5. The van der Waals surface area contributed by atoms with Crippen LogP contribution in [-0.4, -0.2) is 28.7 Å². The molecule has 2 aromatic carbocycles. The zero-order chi connectivity index (χ0) is 26.0. The van der Waals surface area contributed by atoms with Crippen LogP contribution in [0.15, 0.2) is 36.4 Å². The summed E-state index contributed by atoms with van der Waals surface area (Å²) in [5.41, 5.74) is 2.97. The van der Waals surface area contributed by atoms with Crippen LogP contribution in [0.2, 0.25) is 0 Å². The third-order valence-electron chi connectivity index (χ3n) is 7.93. The van der Waals surface area contributed by atoms with Crippen LogP contribution in [-0.2, 0) is 20.8 Å². The third kappa shape index (κ3) is 5.45. The lowest BCUT2D eigenvalue weighted by molar-refractivity contribution is -0.149. The molecule has 1 aliphatic carbocycles. The second-order valence-corrected chi connectivity index (χ2v) is 12.1. The van der Waals surface area contributed by atoms with Crippen LogP contribution in [0.5, 0.6) is 5.75 Å². The van der Waals surface area contributed by atoms with Gasteiger partial charge in [-0.15, -0.1) is 11.8 Å². The lowest BCUT2D eigenvalue weighted by Crippen LogP contribution is -2.54. The first-order valence-corrected chi connectivity index (χ1v) is 13.6. The molecule has 0 saturated heterocycles. The van der Waals surface area contributed by atoms with Gasteiger partial charge in [0.15, 0.2) is 5.78 Å². The smallest absolute Gasteiger partial charge is 0.321 e. The van der Waals surface area contributed by atoms with Gasteiger partial charge in [-0.1, -0.05) is 43.7 Å². The molecule has 1 fully saturated rings. The number of hydrogen-bond acceptors (Lipinski definition) is 4. The molecule has 1 aliphatic rings. The summed E-state index contributed by atoms with van der Waals surface area (Å²) in [4.78, 5) is 27.5. The van der Waals surface area contributed by atoms with Crippen LogP contribution < -0.4 is 4.74 Å². The van der Waals surface area contributed by atoms with Crippen LogP contribution in [0, 0.1) is 32.6 Å². The summed E-state index contributed by atoms with van der Waals surface area (Å²) in [5.74, 6) is 1.36. The van der Waals surface area contributed by atoms with Crippen molar-refractivity contribution in [3.05, 3.63) is 64.2 Å². The molecule has 0 spiro atoms. The molecular formula is C30H40O4S. The number of benzene rings is 2. The first-order valence-electron chi connectivity index (χ1n) is 12.6. The number of ether oxygens (including phenoxy) is 1. The maximum Gasteiger partial charge on any atom is 0.321 e. The van der Waals surface area contributed by atoms with Crippen LogP contribution in [0.3, 0.4) is 0 Å². The van der Waals surface area contributed by atoms with Gasteiger partial charge in [-0.05, 0) is 99.6 Å². The highest BCUT2D eigenvalue weighted by Gasteiger charge is 2.55. The van der Waals surface area contributed by atoms with Crippen LogP contribution in [0.4, 0.5) is 0 Å². The Morgan fingerprint density at radius 2 is 1.63 bits per heavy atom. The highest BCUT2D eigenvalue weighted by atomic mass is 32.2. The van der Waals surface area contributed by atoms with Crippen molar-refractivity contribution >= 4 is 23.5 Å². The predicted octanol–water partition coefficient (Wildman–Crippen LogP) is 7.05. The molecule has 2 aromatic rings. The van der Waals surface area contributed by atoms with E-state index in [1.807, 2.05) is 57.2 Å². The molecular weight excluding hydrogens is 456 g/mol. The molecule has 0 aromatic heterocycles. The summed E-state index contributed by atoms with van der Waals surface area (Å²) in [6, 6.07) is 11.9. The van der Waals surface area contributed by atoms with Gasteiger partial charge in [0, 0.05) is 5.75 Å². The molecule has 0 heterocycles. The van der Waals surface area contributed by atoms with Gasteiger partial charge >= 0.3 is 5.97 Å². The number of Topliss-reactive ketones (excluding diaryl/α,β-unsaturated/α-hetero) is 1. The van der Waals surface area contributed by atoms with Crippen molar-refractivity contribution in [1.29, 1.82) is 0 Å². The summed E-state index contributed by atoms with van der Waals surface area (Å²) in [6.07, 6.45) is 3.31. The fourth-order valence-electron chi connectivity index (χ4n) is 5.90. The highest BCUT2D eigenvalue weighted by molar-refractivity contribution is 8.00. The number of rotatable bonds is 9. The number of hydrogen-bond donors (Lipinski definition) is 1. The monoisotopic (exact) mass is 496 g/mol. The first kappa shape index (κ1) is 27.3. The lowest BCUT2D eigenvalue weighted by Gasteiger charge is -2.44.